The Hall–Kier alpha value is -4.13. The molecule has 0 aliphatic carbocycles. The molecule has 0 unspecified atom stereocenters. The van der Waals surface area contributed by atoms with Crippen molar-refractivity contribution in [2.45, 2.75) is 6.54 Å². The lowest BCUT2D eigenvalue weighted by molar-refractivity contribution is 0.537. The predicted octanol–water partition coefficient (Wildman–Crippen LogP) is 2.99. The van der Waals surface area contributed by atoms with E-state index in [1.165, 1.54) is 29.1 Å². The molecule has 0 fully saturated rings. The Morgan fingerprint density at radius 2 is 1.79 bits per heavy atom. The smallest absolute Gasteiger partial charge is 0.222 e. The Morgan fingerprint density at radius 3 is 2.48 bits per heavy atom. The normalized spacial score (nSPS) is 11.0. The van der Waals surface area contributed by atoms with Crippen molar-refractivity contribution >= 4 is 22.7 Å². The molecule has 0 radical (unpaired) electrons. The van der Waals surface area contributed by atoms with Crippen LogP contribution in [0.1, 0.15) is 11.1 Å². The van der Waals surface area contributed by atoms with Crippen LogP contribution in [0.4, 0.5) is 24.8 Å². The van der Waals surface area contributed by atoms with E-state index in [1.54, 1.807) is 6.07 Å². The van der Waals surface area contributed by atoms with Crippen LogP contribution >= 0.6 is 0 Å². The monoisotopic (exact) mass is 395 g/mol. The van der Waals surface area contributed by atoms with Crippen LogP contribution in [0.15, 0.2) is 36.5 Å². The van der Waals surface area contributed by atoms with Gasteiger partial charge in [-0.15, -0.1) is 0 Å². The SMILES string of the molecule is N#Cc1cccc(-c2nc(N)nc3c2cnn3Cc2c(F)cc(N)cc2F)c1F. The molecule has 0 aliphatic heterocycles. The van der Waals surface area contributed by atoms with Crippen molar-refractivity contribution in [2.24, 2.45) is 0 Å². The molecule has 2 heterocycles. The molecule has 0 atom stereocenters. The summed E-state index contributed by atoms with van der Waals surface area (Å²) in [6.07, 6.45) is 1.34. The number of nitrogen functional groups attached to an aromatic ring is 2. The number of rotatable bonds is 3. The zero-order chi connectivity index (χ0) is 20.7. The molecule has 0 bridgehead atoms. The maximum Gasteiger partial charge on any atom is 0.222 e. The van der Waals surface area contributed by atoms with Crippen molar-refractivity contribution in [3.63, 3.8) is 0 Å². The van der Waals surface area contributed by atoms with Gasteiger partial charge in [-0.3, -0.25) is 0 Å². The minimum absolute atomic E-state index is 0.0348. The summed E-state index contributed by atoms with van der Waals surface area (Å²) in [7, 11) is 0. The molecule has 0 amide bonds. The van der Waals surface area contributed by atoms with Crippen molar-refractivity contribution in [3.8, 4) is 17.3 Å². The molecule has 2 aromatic heterocycles. The predicted molar refractivity (Wildman–Crippen MR) is 99.7 cm³/mol. The van der Waals surface area contributed by atoms with Crippen LogP contribution in [0.3, 0.4) is 0 Å². The van der Waals surface area contributed by atoms with E-state index in [4.69, 9.17) is 16.7 Å². The van der Waals surface area contributed by atoms with Gasteiger partial charge in [0, 0.05) is 16.8 Å². The van der Waals surface area contributed by atoms with Crippen LogP contribution in [-0.2, 0) is 6.54 Å². The minimum atomic E-state index is -0.832. The van der Waals surface area contributed by atoms with Crippen LogP contribution in [0.5, 0.6) is 0 Å². The van der Waals surface area contributed by atoms with Gasteiger partial charge in [0.15, 0.2) is 5.65 Å². The number of hydrogen-bond donors (Lipinski definition) is 2. The lowest BCUT2D eigenvalue weighted by Crippen LogP contribution is -2.09. The largest absolute Gasteiger partial charge is 0.399 e. The third-order valence-electron chi connectivity index (χ3n) is 4.36. The lowest BCUT2D eigenvalue weighted by atomic mass is 10.1. The van der Waals surface area contributed by atoms with Crippen LogP contribution in [0, 0.1) is 28.8 Å². The van der Waals surface area contributed by atoms with Gasteiger partial charge in [-0.1, -0.05) is 6.07 Å². The topological polar surface area (TPSA) is 119 Å². The summed E-state index contributed by atoms with van der Waals surface area (Å²) >= 11 is 0. The van der Waals surface area contributed by atoms with Gasteiger partial charge in [-0.05, 0) is 24.3 Å². The first-order valence-electron chi connectivity index (χ1n) is 8.30. The molecule has 0 saturated heterocycles. The number of nitrogens with two attached hydrogens (primary N) is 2. The average molecular weight is 395 g/mol. The number of hydrogen-bond acceptors (Lipinski definition) is 6. The molecule has 7 nitrogen and oxygen atoms in total. The second-order valence-electron chi connectivity index (χ2n) is 6.21. The maximum atomic E-state index is 14.7. The highest BCUT2D eigenvalue weighted by Gasteiger charge is 2.19. The van der Waals surface area contributed by atoms with Gasteiger partial charge in [-0.25, -0.2) is 22.8 Å². The fourth-order valence-corrected chi connectivity index (χ4v) is 3.02. The van der Waals surface area contributed by atoms with Crippen LogP contribution in [0.25, 0.3) is 22.3 Å². The minimum Gasteiger partial charge on any atom is -0.399 e. The summed E-state index contributed by atoms with van der Waals surface area (Å²) in [6, 6.07) is 8.04. The quantitative estimate of drug-likeness (QED) is 0.515. The van der Waals surface area contributed by atoms with E-state index in [0.717, 1.165) is 12.1 Å². The number of halogens is 3. The third kappa shape index (κ3) is 3.08. The molecule has 2 aromatic carbocycles. The van der Waals surface area contributed by atoms with E-state index < -0.39 is 17.5 Å². The molecular weight excluding hydrogens is 383 g/mol. The molecule has 0 saturated carbocycles. The summed E-state index contributed by atoms with van der Waals surface area (Å²) in [5.74, 6) is -2.62. The van der Waals surface area contributed by atoms with E-state index in [1.807, 2.05) is 0 Å². The number of anilines is 2. The summed E-state index contributed by atoms with van der Waals surface area (Å²) in [4.78, 5) is 8.15. The Kier molecular flexibility index (Phi) is 4.27. The molecular formula is C19H12F3N7. The van der Waals surface area contributed by atoms with Gasteiger partial charge in [-0.2, -0.15) is 15.3 Å². The Morgan fingerprint density at radius 1 is 1.07 bits per heavy atom. The Bertz CT molecular complexity index is 1280. The van der Waals surface area contributed by atoms with Gasteiger partial charge in [0.1, 0.15) is 23.5 Å². The summed E-state index contributed by atoms with van der Waals surface area (Å²) in [5.41, 5.74) is 11.0. The zero-order valence-electron chi connectivity index (χ0n) is 14.7. The van der Waals surface area contributed by atoms with Crippen LogP contribution in [0.2, 0.25) is 0 Å². The fourth-order valence-electron chi connectivity index (χ4n) is 3.02. The first kappa shape index (κ1) is 18.2. The van der Waals surface area contributed by atoms with Crippen LogP contribution in [-0.4, -0.2) is 19.7 Å². The second kappa shape index (κ2) is 6.79. The second-order valence-corrected chi connectivity index (χ2v) is 6.21. The molecule has 10 heteroatoms. The van der Waals surface area contributed by atoms with Gasteiger partial charge >= 0.3 is 0 Å². The van der Waals surface area contributed by atoms with E-state index in [0.29, 0.717) is 5.39 Å². The van der Waals surface area contributed by atoms with Gasteiger partial charge in [0.2, 0.25) is 5.95 Å². The van der Waals surface area contributed by atoms with Crippen molar-refractivity contribution < 1.29 is 13.2 Å². The van der Waals surface area contributed by atoms with Gasteiger partial charge in [0.05, 0.1) is 29.4 Å². The van der Waals surface area contributed by atoms with Gasteiger partial charge in [0.25, 0.3) is 0 Å². The lowest BCUT2D eigenvalue weighted by Gasteiger charge is -2.09. The molecule has 144 valence electrons. The van der Waals surface area contributed by atoms with Gasteiger partial charge < -0.3 is 11.5 Å². The molecule has 4 aromatic rings. The standard InChI is InChI=1S/C19H12F3N7/c20-14-4-10(24)5-15(21)13(14)8-29-18-12(7-26-29)17(27-19(25)28-18)11-3-1-2-9(6-23)16(11)22/h1-5,7H,8,24H2,(H2,25,27,28). The Balaban J connectivity index is 1.89. The first-order chi connectivity index (χ1) is 13.9. The van der Waals surface area contributed by atoms with E-state index >= 15 is 0 Å². The number of fused-ring (bicyclic) bond motifs is 1. The molecule has 0 aliphatic rings. The molecule has 29 heavy (non-hydrogen) atoms. The highest BCUT2D eigenvalue weighted by Crippen LogP contribution is 2.30. The summed E-state index contributed by atoms with van der Waals surface area (Å²) in [5, 5.41) is 13.5. The highest BCUT2D eigenvalue weighted by atomic mass is 19.1. The Labute approximate surface area is 162 Å². The molecule has 4 N–H and O–H groups in total. The fraction of sp³-hybridized carbons (Fsp3) is 0.0526. The number of nitrogens with zero attached hydrogens (tertiary/aromatic N) is 5. The number of aromatic nitrogens is 4. The third-order valence-corrected chi connectivity index (χ3v) is 4.36. The molecule has 4 rings (SSSR count). The number of nitriles is 1. The summed E-state index contributed by atoms with van der Waals surface area (Å²) in [6.45, 7) is -0.294. The zero-order valence-corrected chi connectivity index (χ0v) is 14.7. The van der Waals surface area contributed by atoms with Crippen molar-refractivity contribution in [3.05, 3.63) is 65.1 Å². The first-order valence-corrected chi connectivity index (χ1v) is 8.30. The highest BCUT2D eigenvalue weighted by molar-refractivity contribution is 5.91. The van der Waals surface area contributed by atoms with E-state index in [9.17, 15) is 13.2 Å². The molecule has 0 spiro atoms. The van der Waals surface area contributed by atoms with Crippen LogP contribution < -0.4 is 11.5 Å². The summed E-state index contributed by atoms with van der Waals surface area (Å²) < 4.78 is 44.2. The number of benzene rings is 2. The van der Waals surface area contributed by atoms with E-state index in [-0.39, 0.29) is 46.2 Å². The average Bonchev–Trinajstić information content (AvgIpc) is 3.07. The maximum absolute atomic E-state index is 14.7. The van der Waals surface area contributed by atoms with E-state index in [2.05, 4.69) is 15.1 Å². The van der Waals surface area contributed by atoms with Crippen molar-refractivity contribution in [1.82, 2.24) is 19.7 Å². The van der Waals surface area contributed by atoms with Crippen molar-refractivity contribution in [1.29, 1.82) is 5.26 Å². The van der Waals surface area contributed by atoms with Crippen molar-refractivity contribution in [2.75, 3.05) is 11.5 Å².